The standard InChI is InChI=1S/C14H22O2/c1-15-13-8-4-6-11-9-10-5-2-3-7-12(10)16-14(11)13/h11,13-14H,2-9H2,1H3/t11-,13-,14-/m0/s1. The minimum atomic E-state index is 0.342. The van der Waals surface area contributed by atoms with Crippen molar-refractivity contribution in [3.8, 4) is 0 Å². The molecule has 0 N–H and O–H groups in total. The number of rotatable bonds is 1. The summed E-state index contributed by atoms with van der Waals surface area (Å²) in [6.45, 7) is 0. The molecule has 1 aliphatic heterocycles. The van der Waals surface area contributed by atoms with Crippen molar-refractivity contribution in [1.82, 2.24) is 0 Å². The maximum Gasteiger partial charge on any atom is 0.127 e. The van der Waals surface area contributed by atoms with Gasteiger partial charge in [-0.1, -0.05) is 6.42 Å². The molecule has 0 amide bonds. The Morgan fingerprint density at radius 2 is 2.00 bits per heavy atom. The van der Waals surface area contributed by atoms with Crippen molar-refractivity contribution in [3.63, 3.8) is 0 Å². The zero-order valence-electron chi connectivity index (χ0n) is 10.2. The van der Waals surface area contributed by atoms with Crippen LogP contribution in [-0.2, 0) is 9.47 Å². The summed E-state index contributed by atoms with van der Waals surface area (Å²) < 4.78 is 11.8. The van der Waals surface area contributed by atoms with Crippen LogP contribution in [0.25, 0.3) is 0 Å². The van der Waals surface area contributed by atoms with Gasteiger partial charge in [0, 0.05) is 19.4 Å². The number of methoxy groups -OCH3 is 1. The highest BCUT2D eigenvalue weighted by Gasteiger charge is 2.39. The van der Waals surface area contributed by atoms with Crippen LogP contribution in [0.4, 0.5) is 0 Å². The van der Waals surface area contributed by atoms with E-state index >= 15 is 0 Å². The fourth-order valence-corrected chi connectivity index (χ4v) is 3.63. The van der Waals surface area contributed by atoms with E-state index in [0.29, 0.717) is 12.2 Å². The van der Waals surface area contributed by atoms with E-state index < -0.39 is 0 Å². The van der Waals surface area contributed by atoms with Crippen molar-refractivity contribution in [1.29, 1.82) is 0 Å². The lowest BCUT2D eigenvalue weighted by atomic mass is 9.76. The first kappa shape index (κ1) is 10.6. The van der Waals surface area contributed by atoms with Crippen LogP contribution < -0.4 is 0 Å². The normalized spacial score (nSPS) is 38.7. The van der Waals surface area contributed by atoms with Crippen LogP contribution >= 0.6 is 0 Å². The van der Waals surface area contributed by atoms with Crippen LogP contribution in [0, 0.1) is 5.92 Å². The largest absolute Gasteiger partial charge is 0.492 e. The second-order valence-corrected chi connectivity index (χ2v) is 5.49. The predicted octanol–water partition coefficient (Wildman–Crippen LogP) is 3.42. The fraction of sp³-hybridized carbons (Fsp3) is 0.857. The summed E-state index contributed by atoms with van der Waals surface area (Å²) in [5.74, 6) is 2.06. The number of allylic oxidation sites excluding steroid dienone is 2. The molecule has 0 unspecified atom stereocenters. The van der Waals surface area contributed by atoms with Gasteiger partial charge in [0.05, 0.1) is 11.9 Å². The monoisotopic (exact) mass is 222 g/mol. The Labute approximate surface area is 98.0 Å². The van der Waals surface area contributed by atoms with Gasteiger partial charge in [-0.15, -0.1) is 0 Å². The molecule has 0 bridgehead atoms. The third-order valence-corrected chi connectivity index (χ3v) is 4.51. The minimum Gasteiger partial charge on any atom is -0.492 e. The van der Waals surface area contributed by atoms with E-state index in [1.54, 1.807) is 5.57 Å². The molecule has 16 heavy (non-hydrogen) atoms. The van der Waals surface area contributed by atoms with Crippen LogP contribution in [0.3, 0.4) is 0 Å². The molecule has 3 atom stereocenters. The zero-order chi connectivity index (χ0) is 11.0. The summed E-state index contributed by atoms with van der Waals surface area (Å²) >= 11 is 0. The van der Waals surface area contributed by atoms with Gasteiger partial charge in [-0.2, -0.15) is 0 Å². The van der Waals surface area contributed by atoms with Crippen molar-refractivity contribution in [3.05, 3.63) is 11.3 Å². The molecule has 2 nitrogen and oxygen atoms in total. The molecule has 2 heteroatoms. The van der Waals surface area contributed by atoms with Crippen molar-refractivity contribution >= 4 is 0 Å². The molecule has 1 heterocycles. The van der Waals surface area contributed by atoms with E-state index in [2.05, 4.69) is 0 Å². The first-order valence-corrected chi connectivity index (χ1v) is 6.79. The summed E-state index contributed by atoms with van der Waals surface area (Å²) in [5.41, 5.74) is 1.63. The van der Waals surface area contributed by atoms with Crippen molar-refractivity contribution in [2.75, 3.05) is 7.11 Å². The molecule has 3 aliphatic rings. The Morgan fingerprint density at radius 3 is 2.88 bits per heavy atom. The highest BCUT2D eigenvalue weighted by Crippen LogP contribution is 2.43. The topological polar surface area (TPSA) is 18.5 Å². The smallest absolute Gasteiger partial charge is 0.127 e. The Hall–Kier alpha value is -0.500. The lowest BCUT2D eigenvalue weighted by Gasteiger charge is -2.43. The van der Waals surface area contributed by atoms with Crippen LogP contribution in [-0.4, -0.2) is 19.3 Å². The molecule has 0 aromatic heterocycles. The van der Waals surface area contributed by atoms with Gasteiger partial charge in [0.1, 0.15) is 6.10 Å². The first-order valence-electron chi connectivity index (χ1n) is 6.79. The SMILES string of the molecule is CO[C@H]1CCC[C@H]2CC3=C(CCCC3)O[C@@H]21. The molecular weight excluding hydrogens is 200 g/mol. The van der Waals surface area contributed by atoms with E-state index in [1.807, 2.05) is 7.11 Å². The molecule has 0 saturated heterocycles. The molecule has 0 aromatic rings. The average molecular weight is 222 g/mol. The molecule has 0 spiro atoms. The molecule has 1 saturated carbocycles. The molecule has 0 radical (unpaired) electrons. The molecule has 90 valence electrons. The van der Waals surface area contributed by atoms with Crippen LogP contribution in [0.1, 0.15) is 51.4 Å². The third kappa shape index (κ3) is 1.77. The highest BCUT2D eigenvalue weighted by atomic mass is 16.5. The van der Waals surface area contributed by atoms with Crippen LogP contribution in [0.5, 0.6) is 0 Å². The summed E-state index contributed by atoms with van der Waals surface area (Å²) in [4.78, 5) is 0. The lowest BCUT2D eigenvalue weighted by molar-refractivity contribution is -0.0938. The predicted molar refractivity (Wildman–Crippen MR) is 63.1 cm³/mol. The number of ether oxygens (including phenoxy) is 2. The molecule has 1 fully saturated rings. The van der Waals surface area contributed by atoms with E-state index in [4.69, 9.17) is 9.47 Å². The maximum atomic E-state index is 6.25. The summed E-state index contributed by atoms with van der Waals surface area (Å²) in [6, 6.07) is 0. The zero-order valence-corrected chi connectivity index (χ0v) is 10.2. The first-order chi connectivity index (χ1) is 7.88. The minimum absolute atomic E-state index is 0.342. The van der Waals surface area contributed by atoms with Crippen LogP contribution in [0.15, 0.2) is 11.3 Å². The van der Waals surface area contributed by atoms with Gasteiger partial charge in [0.25, 0.3) is 0 Å². The van der Waals surface area contributed by atoms with Crippen molar-refractivity contribution in [2.45, 2.75) is 63.6 Å². The molecule has 3 rings (SSSR count). The van der Waals surface area contributed by atoms with E-state index in [9.17, 15) is 0 Å². The second-order valence-electron chi connectivity index (χ2n) is 5.49. The average Bonchev–Trinajstić information content (AvgIpc) is 2.35. The molecule has 2 aliphatic carbocycles. The number of fused-ring (bicyclic) bond motifs is 1. The molecule has 0 aromatic carbocycles. The number of hydrogen-bond acceptors (Lipinski definition) is 2. The van der Waals surface area contributed by atoms with Crippen LogP contribution in [0.2, 0.25) is 0 Å². The van der Waals surface area contributed by atoms with Gasteiger partial charge in [-0.25, -0.2) is 0 Å². The van der Waals surface area contributed by atoms with E-state index in [0.717, 1.165) is 5.92 Å². The highest BCUT2D eigenvalue weighted by molar-refractivity contribution is 5.17. The Bertz CT molecular complexity index is 295. The van der Waals surface area contributed by atoms with Gasteiger partial charge in [0.15, 0.2) is 0 Å². The Morgan fingerprint density at radius 1 is 1.12 bits per heavy atom. The summed E-state index contributed by atoms with van der Waals surface area (Å²) in [5, 5.41) is 0. The number of hydrogen-bond donors (Lipinski definition) is 0. The van der Waals surface area contributed by atoms with Gasteiger partial charge in [-0.05, 0) is 44.1 Å². The van der Waals surface area contributed by atoms with E-state index in [-0.39, 0.29) is 0 Å². The lowest BCUT2D eigenvalue weighted by Crippen LogP contribution is -2.43. The van der Waals surface area contributed by atoms with Gasteiger partial charge in [-0.3, -0.25) is 0 Å². The second kappa shape index (κ2) is 4.40. The van der Waals surface area contributed by atoms with Gasteiger partial charge >= 0.3 is 0 Å². The van der Waals surface area contributed by atoms with Gasteiger partial charge in [0.2, 0.25) is 0 Å². The Balaban J connectivity index is 1.80. The quantitative estimate of drug-likeness (QED) is 0.677. The summed E-state index contributed by atoms with van der Waals surface area (Å²) in [6.07, 6.45) is 11.0. The third-order valence-electron chi connectivity index (χ3n) is 4.51. The fourth-order valence-electron chi connectivity index (χ4n) is 3.63. The molecular formula is C14H22O2. The van der Waals surface area contributed by atoms with Crippen molar-refractivity contribution < 1.29 is 9.47 Å². The van der Waals surface area contributed by atoms with E-state index in [1.165, 1.54) is 57.1 Å². The van der Waals surface area contributed by atoms with Crippen molar-refractivity contribution in [2.24, 2.45) is 5.92 Å². The van der Waals surface area contributed by atoms with Gasteiger partial charge < -0.3 is 9.47 Å². The Kier molecular flexibility index (Phi) is 2.93. The summed E-state index contributed by atoms with van der Waals surface area (Å²) in [7, 11) is 1.83. The maximum absolute atomic E-state index is 6.25.